The van der Waals surface area contributed by atoms with Crippen LogP contribution in [0.1, 0.15) is 19.3 Å². The summed E-state index contributed by atoms with van der Waals surface area (Å²) in [5.74, 6) is 0. The van der Waals surface area contributed by atoms with Crippen LogP contribution in [0, 0.1) is 17.9 Å². The largest absolute Gasteiger partial charge is 0.316 e. The first-order chi connectivity index (χ1) is 41.8. The molecule has 350 valence electrons. The van der Waals surface area contributed by atoms with E-state index in [2.05, 4.69) is 83.7 Å². The van der Waals surface area contributed by atoms with Gasteiger partial charge in [0.2, 0.25) is 5.69 Å². The van der Waals surface area contributed by atoms with Crippen molar-refractivity contribution in [3.8, 4) is 39.7 Å². The van der Waals surface area contributed by atoms with Gasteiger partial charge in [-0.2, -0.15) is 5.26 Å². The van der Waals surface area contributed by atoms with Gasteiger partial charge in [-0.3, -0.25) is 0 Å². The molecule has 0 aliphatic heterocycles. The molecule has 17 aromatic rings. The fourth-order valence-corrected chi connectivity index (χ4v) is 17.1. The lowest BCUT2D eigenvalue weighted by Crippen LogP contribution is -2.09. The molecular weight excluding hydrogens is 1000 g/mol. The van der Waals surface area contributed by atoms with Gasteiger partial charge in [-0.15, -0.1) is 45.3 Å². The first-order valence-corrected chi connectivity index (χ1v) is 27.6. The maximum absolute atomic E-state index is 12.6. The van der Waals surface area contributed by atoms with Crippen molar-refractivity contribution in [2.45, 2.75) is 0 Å². The number of fused-ring (bicyclic) bond motifs is 22. The second-order valence-corrected chi connectivity index (χ2v) is 23.0. The maximum Gasteiger partial charge on any atom is 0.220 e. The van der Waals surface area contributed by atoms with Crippen molar-refractivity contribution in [3.05, 3.63) is 223 Å². The molecule has 0 spiro atoms. The molecule has 0 amide bonds. The van der Waals surface area contributed by atoms with Gasteiger partial charge in [-0.25, -0.2) is 4.85 Å². The Hall–Kier alpha value is -9.12. The van der Waals surface area contributed by atoms with Crippen LogP contribution >= 0.6 is 45.3 Å². The van der Waals surface area contributed by atoms with E-state index in [0.717, 1.165) is 102 Å². The predicted molar refractivity (Wildman–Crippen MR) is 329 cm³/mol. The molecule has 6 aromatic heterocycles. The molecule has 0 radical (unpaired) electrons. The lowest BCUT2D eigenvalue weighted by atomic mass is 9.88. The average molecular weight is 1050 g/mol. The lowest BCUT2D eigenvalue weighted by molar-refractivity contribution is 1.15. The van der Waals surface area contributed by atoms with E-state index in [9.17, 15) is 22.8 Å². The zero-order valence-electron chi connectivity index (χ0n) is 49.3. The highest BCUT2D eigenvalue weighted by Crippen LogP contribution is 2.56. The molecule has 0 fully saturated rings. The Bertz CT molecular complexity index is 5530. The zero-order valence-corrected chi connectivity index (χ0v) is 42.5. The number of rotatable bonds is 4. The van der Waals surface area contributed by atoms with Crippen molar-refractivity contribution in [2.24, 2.45) is 0 Å². The van der Waals surface area contributed by atoms with Crippen molar-refractivity contribution in [2.75, 3.05) is 0 Å². The summed E-state index contributed by atoms with van der Waals surface area (Å²) in [6, 6.07) is 44.8. The van der Waals surface area contributed by atoms with E-state index in [-0.39, 0.29) is 39.3 Å². The molecule has 0 unspecified atom stereocenters. The molecule has 8 heteroatoms. The van der Waals surface area contributed by atoms with Crippen LogP contribution in [0.15, 0.2) is 206 Å². The SMILES string of the molecule is [2H]c1c([2H])c([2H])c(-c2c(C#N)c(-n3c4c(ccc5c6ccccc6sc54)c4ccc5c6ccccc6sc5c43)c(-c3c([2H])c([2H])c([2H])c([2H])c3[2H])c(-n3c4c(ccc5c6ccccc6sc54)c4ccc5c6ccccc6sc5c43)c2[N+]#[C-])c([2H])c1[2H]. The van der Waals surface area contributed by atoms with Crippen LogP contribution in [0.5, 0.6) is 0 Å². The van der Waals surface area contributed by atoms with Crippen LogP contribution in [0.2, 0.25) is 0 Å². The van der Waals surface area contributed by atoms with Crippen LogP contribution in [-0.4, -0.2) is 9.13 Å². The Labute approximate surface area is 463 Å². The van der Waals surface area contributed by atoms with Gasteiger partial charge >= 0.3 is 0 Å². The summed E-state index contributed by atoms with van der Waals surface area (Å²) < 4.78 is 107. The molecule has 0 bridgehead atoms. The van der Waals surface area contributed by atoms with Crippen LogP contribution in [0.25, 0.3) is 163 Å². The third kappa shape index (κ3) is 5.53. The van der Waals surface area contributed by atoms with Gasteiger partial charge in [-0.1, -0.05) is 182 Å². The van der Waals surface area contributed by atoms with Gasteiger partial charge in [0.15, 0.2) is 0 Å². The standard InChI is InChI=1S/C68H34N4S4/c1-70-58-56(37-16-4-2-5-17-37)51(36-69)59(71-60-43(28-32-47-39-20-8-12-24-52(39)73-65(47)60)44-29-33-48-40-21-9-13-25-53(40)74-66(48)61(44)71)57(38-18-6-3-7-19-38)64(58)72-62-45(30-34-49-41-22-10-14-26-54(41)75-67(49)62)46-31-35-50-42-23-11-15-27-55(42)76-68(50)63(46)72/h2-35H/i2D,3D,4D,5D,6D,7D,16D,17D,18D,19D. The Morgan fingerprint density at radius 3 is 1.04 bits per heavy atom. The molecule has 11 aromatic carbocycles. The normalized spacial score (nSPS) is 14.0. The highest BCUT2D eigenvalue weighted by Gasteiger charge is 2.34. The summed E-state index contributed by atoms with van der Waals surface area (Å²) in [5, 5.41) is 23.1. The molecule has 4 nitrogen and oxygen atoms in total. The van der Waals surface area contributed by atoms with Gasteiger partial charge in [0.05, 0.1) is 78.1 Å². The minimum absolute atomic E-state index is 0.00724. The Morgan fingerprint density at radius 1 is 0.382 bits per heavy atom. The van der Waals surface area contributed by atoms with Crippen LogP contribution in [0.3, 0.4) is 0 Å². The summed E-state index contributed by atoms with van der Waals surface area (Å²) in [6.45, 7) is 9.74. The van der Waals surface area contributed by atoms with E-state index < -0.39 is 66.0 Å². The molecule has 0 N–H and O–H groups in total. The molecule has 6 heterocycles. The van der Waals surface area contributed by atoms with E-state index in [0.29, 0.717) is 22.1 Å². The van der Waals surface area contributed by atoms with Crippen LogP contribution in [-0.2, 0) is 0 Å². The fourth-order valence-electron chi connectivity index (χ4n) is 12.1. The number of aromatic nitrogens is 2. The van der Waals surface area contributed by atoms with Crippen molar-refractivity contribution in [1.29, 1.82) is 5.26 Å². The molecule has 0 saturated heterocycles. The molecule has 0 aliphatic carbocycles. The number of hydrogen-bond acceptors (Lipinski definition) is 5. The summed E-state index contributed by atoms with van der Waals surface area (Å²) in [6.07, 6.45) is 0. The van der Waals surface area contributed by atoms with Gasteiger partial charge in [0, 0.05) is 94.6 Å². The first kappa shape index (κ1) is 33.6. The third-order valence-corrected chi connectivity index (χ3v) is 19.9. The number of nitrogens with zero attached hydrogens (tertiary/aromatic N) is 4. The van der Waals surface area contributed by atoms with Crippen molar-refractivity contribution < 1.29 is 13.7 Å². The quantitative estimate of drug-likeness (QED) is 0.162. The predicted octanol–water partition coefficient (Wildman–Crippen LogP) is 21.1. The number of thiophene rings is 4. The van der Waals surface area contributed by atoms with E-state index in [1.54, 1.807) is 45.3 Å². The first-order valence-electron chi connectivity index (χ1n) is 29.3. The highest BCUT2D eigenvalue weighted by atomic mass is 32.1. The van der Waals surface area contributed by atoms with E-state index in [1.807, 2.05) is 81.9 Å². The average Bonchev–Trinajstić information content (AvgIpc) is 1.45. The molecule has 76 heavy (non-hydrogen) atoms. The molecule has 0 aliphatic rings. The van der Waals surface area contributed by atoms with Gasteiger partial charge in [0.25, 0.3) is 0 Å². The van der Waals surface area contributed by atoms with Gasteiger partial charge < -0.3 is 9.13 Å². The smallest absolute Gasteiger partial charge is 0.220 e. The van der Waals surface area contributed by atoms with E-state index in [1.165, 1.54) is 0 Å². The fraction of sp³-hybridized carbons (Fsp3) is 0. The second-order valence-electron chi connectivity index (χ2n) is 18.8. The zero-order chi connectivity index (χ0) is 58.6. The van der Waals surface area contributed by atoms with Crippen molar-refractivity contribution in [3.63, 3.8) is 0 Å². The molecule has 17 rings (SSSR count). The van der Waals surface area contributed by atoms with E-state index in [4.69, 9.17) is 2.74 Å². The Morgan fingerprint density at radius 2 is 0.697 bits per heavy atom. The van der Waals surface area contributed by atoms with Crippen molar-refractivity contribution >= 4 is 175 Å². The van der Waals surface area contributed by atoms with Crippen molar-refractivity contribution in [1.82, 2.24) is 9.13 Å². The summed E-state index contributed by atoms with van der Waals surface area (Å²) >= 11 is 6.18. The third-order valence-electron chi connectivity index (χ3n) is 15.2. The highest BCUT2D eigenvalue weighted by molar-refractivity contribution is 7.28. The van der Waals surface area contributed by atoms with E-state index >= 15 is 0 Å². The van der Waals surface area contributed by atoms with Gasteiger partial charge in [-0.05, 0) is 35.4 Å². The summed E-state index contributed by atoms with van der Waals surface area (Å²) in [7, 11) is 0. The summed E-state index contributed by atoms with van der Waals surface area (Å²) in [4.78, 5) is 4.44. The summed E-state index contributed by atoms with van der Waals surface area (Å²) in [5.41, 5.74) is 0.750. The lowest BCUT2D eigenvalue weighted by Gasteiger charge is -2.26. The number of nitriles is 1. The Kier molecular flexibility index (Phi) is 6.95. The second kappa shape index (κ2) is 15.7. The molecule has 0 atom stereocenters. The van der Waals surface area contributed by atoms with Crippen LogP contribution < -0.4 is 0 Å². The minimum Gasteiger partial charge on any atom is -0.316 e. The Balaban J connectivity index is 1.25. The molecule has 0 saturated carbocycles. The number of hydrogen-bond donors (Lipinski definition) is 0. The minimum atomic E-state index is -0.690. The van der Waals surface area contributed by atoms with Gasteiger partial charge in [0.1, 0.15) is 6.07 Å². The molecular formula is C68H34N4S4. The topological polar surface area (TPSA) is 38.0 Å². The monoisotopic (exact) mass is 1040 g/mol. The van der Waals surface area contributed by atoms with Crippen LogP contribution in [0.4, 0.5) is 5.69 Å². The maximum atomic E-state index is 12.6. The number of benzene rings is 11.